The Labute approximate surface area is 188 Å². The van der Waals surface area contributed by atoms with Crippen LogP contribution in [0, 0.1) is 13.8 Å². The molecule has 0 spiro atoms. The average Bonchev–Trinajstić information content (AvgIpc) is 3.12. The third-order valence-electron chi connectivity index (χ3n) is 5.94. The van der Waals surface area contributed by atoms with E-state index in [1.807, 2.05) is 73.1 Å². The summed E-state index contributed by atoms with van der Waals surface area (Å²) in [6.07, 6.45) is 0.940. The highest BCUT2D eigenvalue weighted by Crippen LogP contribution is 2.31. The summed E-state index contributed by atoms with van der Waals surface area (Å²) < 4.78 is 7.03. The maximum Gasteiger partial charge on any atom is 0.247 e. The first kappa shape index (κ1) is 21.6. The number of rotatable bonds is 6. The molecule has 1 N–H and O–H groups in total. The van der Waals surface area contributed by atoms with Gasteiger partial charge in [0, 0.05) is 30.8 Å². The monoisotopic (exact) mass is 432 g/mol. The van der Waals surface area contributed by atoms with Crippen LogP contribution in [0.2, 0.25) is 0 Å². The minimum atomic E-state index is -0.676. The minimum Gasteiger partial charge on any atom is -0.497 e. The summed E-state index contributed by atoms with van der Waals surface area (Å²) in [5.41, 5.74) is 4.39. The van der Waals surface area contributed by atoms with Crippen LogP contribution < -0.4 is 10.1 Å². The second-order valence-electron chi connectivity index (χ2n) is 7.96. The van der Waals surface area contributed by atoms with Crippen molar-refractivity contribution in [3.05, 3.63) is 77.1 Å². The second kappa shape index (κ2) is 9.26. The Morgan fingerprint density at radius 1 is 1.12 bits per heavy atom. The van der Waals surface area contributed by atoms with Crippen molar-refractivity contribution < 1.29 is 14.3 Å². The molecule has 0 radical (unpaired) electrons. The van der Waals surface area contributed by atoms with Gasteiger partial charge < -0.3 is 15.0 Å². The van der Waals surface area contributed by atoms with Gasteiger partial charge in [-0.1, -0.05) is 30.3 Å². The van der Waals surface area contributed by atoms with Crippen molar-refractivity contribution in [3.8, 4) is 11.4 Å². The number of piperazine rings is 1. The van der Waals surface area contributed by atoms with E-state index in [2.05, 4.69) is 10.4 Å². The molecule has 3 aromatic rings. The zero-order chi connectivity index (χ0) is 22.7. The van der Waals surface area contributed by atoms with Crippen molar-refractivity contribution in [3.63, 3.8) is 0 Å². The molecule has 7 heteroatoms. The van der Waals surface area contributed by atoms with Gasteiger partial charge in [-0.2, -0.15) is 5.10 Å². The lowest BCUT2D eigenvalue weighted by Gasteiger charge is -2.35. The van der Waals surface area contributed by atoms with Gasteiger partial charge in [0.1, 0.15) is 11.8 Å². The molecular formula is C25H28N4O3. The van der Waals surface area contributed by atoms with E-state index in [9.17, 15) is 9.59 Å². The normalized spacial score (nSPS) is 16.0. The Kier molecular flexibility index (Phi) is 6.25. The van der Waals surface area contributed by atoms with Crippen LogP contribution in [0.15, 0.2) is 54.6 Å². The summed E-state index contributed by atoms with van der Waals surface area (Å²) in [6, 6.07) is 16.8. The van der Waals surface area contributed by atoms with Gasteiger partial charge in [-0.25, -0.2) is 4.68 Å². The number of hydrogen-bond acceptors (Lipinski definition) is 4. The van der Waals surface area contributed by atoms with Crippen molar-refractivity contribution in [1.29, 1.82) is 0 Å². The van der Waals surface area contributed by atoms with Gasteiger partial charge in [-0.3, -0.25) is 9.59 Å². The highest BCUT2D eigenvalue weighted by molar-refractivity contribution is 5.90. The first-order valence-corrected chi connectivity index (χ1v) is 10.8. The fraction of sp³-hybridized carbons (Fsp3) is 0.320. The molecule has 0 aliphatic carbocycles. The molecule has 1 aliphatic rings. The summed E-state index contributed by atoms with van der Waals surface area (Å²) in [7, 11) is 1.63. The summed E-state index contributed by atoms with van der Waals surface area (Å²) in [4.78, 5) is 27.9. The number of para-hydroxylation sites is 1. The molecule has 1 saturated heterocycles. The van der Waals surface area contributed by atoms with Crippen molar-refractivity contribution in [2.75, 3.05) is 20.2 Å². The Morgan fingerprint density at radius 2 is 1.84 bits per heavy atom. The standard InChI is InChI=1S/C25H28N4O3/c1-17-23(18(2)29(27-17)20-7-5-4-6-8-20)24-25(31)26-15-16-28(24)22(30)14-11-19-9-12-21(32-3)13-10-19/h4-10,12-13,24H,11,14-16H2,1-3H3,(H,26,31)/t24-/m1/s1. The van der Waals surface area contributed by atoms with E-state index >= 15 is 0 Å². The van der Waals surface area contributed by atoms with Crippen LogP contribution in [0.4, 0.5) is 0 Å². The number of nitrogens with one attached hydrogen (secondary N) is 1. The molecule has 166 valence electrons. The van der Waals surface area contributed by atoms with Crippen molar-refractivity contribution in [2.45, 2.75) is 32.7 Å². The lowest BCUT2D eigenvalue weighted by molar-refractivity contribution is -0.143. The van der Waals surface area contributed by atoms with Crippen molar-refractivity contribution >= 4 is 11.8 Å². The second-order valence-corrected chi connectivity index (χ2v) is 7.96. The van der Waals surface area contributed by atoms with Crippen molar-refractivity contribution in [1.82, 2.24) is 20.0 Å². The molecule has 1 fully saturated rings. The van der Waals surface area contributed by atoms with E-state index in [0.717, 1.165) is 34.0 Å². The molecular weight excluding hydrogens is 404 g/mol. The zero-order valence-electron chi connectivity index (χ0n) is 18.7. The fourth-order valence-corrected chi connectivity index (χ4v) is 4.28. The smallest absolute Gasteiger partial charge is 0.247 e. The van der Waals surface area contributed by atoms with Crippen LogP contribution in [0.5, 0.6) is 5.75 Å². The predicted octanol–water partition coefficient (Wildman–Crippen LogP) is 3.13. The molecule has 7 nitrogen and oxygen atoms in total. The maximum atomic E-state index is 13.2. The molecule has 2 aromatic carbocycles. The number of ether oxygens (including phenoxy) is 1. The number of hydrogen-bond donors (Lipinski definition) is 1. The fourth-order valence-electron chi connectivity index (χ4n) is 4.28. The molecule has 0 unspecified atom stereocenters. The maximum absolute atomic E-state index is 13.2. The number of methoxy groups -OCH3 is 1. The Balaban J connectivity index is 1.58. The Morgan fingerprint density at radius 3 is 2.53 bits per heavy atom. The number of carbonyl (C=O) groups is 2. The molecule has 0 saturated carbocycles. The van der Waals surface area contributed by atoms with Gasteiger partial charge in [-0.05, 0) is 50.1 Å². The van der Waals surface area contributed by atoms with Gasteiger partial charge in [-0.15, -0.1) is 0 Å². The van der Waals surface area contributed by atoms with Crippen LogP contribution in [0.3, 0.4) is 0 Å². The molecule has 32 heavy (non-hydrogen) atoms. The van der Waals surface area contributed by atoms with Gasteiger partial charge in [0.2, 0.25) is 11.8 Å². The predicted molar refractivity (Wildman–Crippen MR) is 122 cm³/mol. The molecule has 4 rings (SSSR count). The van der Waals surface area contributed by atoms with E-state index in [1.54, 1.807) is 12.0 Å². The van der Waals surface area contributed by atoms with Crippen LogP contribution in [0.1, 0.15) is 35.0 Å². The number of benzene rings is 2. The van der Waals surface area contributed by atoms with Crippen LogP contribution in [-0.2, 0) is 16.0 Å². The number of carbonyl (C=O) groups excluding carboxylic acids is 2. The molecule has 1 atom stereocenters. The minimum absolute atomic E-state index is 0.0353. The third kappa shape index (κ3) is 4.23. The van der Waals surface area contributed by atoms with E-state index in [4.69, 9.17) is 4.74 Å². The first-order valence-electron chi connectivity index (χ1n) is 10.8. The molecule has 2 heterocycles. The largest absolute Gasteiger partial charge is 0.497 e. The highest BCUT2D eigenvalue weighted by Gasteiger charge is 2.37. The van der Waals surface area contributed by atoms with E-state index < -0.39 is 6.04 Å². The average molecular weight is 433 g/mol. The van der Waals surface area contributed by atoms with E-state index in [1.165, 1.54) is 0 Å². The van der Waals surface area contributed by atoms with Crippen LogP contribution in [-0.4, -0.2) is 46.7 Å². The summed E-state index contributed by atoms with van der Waals surface area (Å²) in [5, 5.41) is 7.60. The first-order chi connectivity index (χ1) is 15.5. The van der Waals surface area contributed by atoms with Gasteiger partial charge in [0.05, 0.1) is 18.5 Å². The van der Waals surface area contributed by atoms with E-state index in [0.29, 0.717) is 25.9 Å². The molecule has 1 aliphatic heterocycles. The molecule has 1 aromatic heterocycles. The number of nitrogens with zero attached hydrogens (tertiary/aromatic N) is 3. The zero-order valence-corrected chi connectivity index (χ0v) is 18.7. The van der Waals surface area contributed by atoms with Gasteiger partial charge >= 0.3 is 0 Å². The van der Waals surface area contributed by atoms with Gasteiger partial charge in [0.15, 0.2) is 0 Å². The summed E-state index contributed by atoms with van der Waals surface area (Å²) in [6.45, 7) is 4.77. The molecule has 0 bridgehead atoms. The SMILES string of the molecule is COc1ccc(CCC(=O)N2CCNC(=O)[C@H]2c2c(C)nn(-c3ccccc3)c2C)cc1. The van der Waals surface area contributed by atoms with Gasteiger partial charge in [0.25, 0.3) is 0 Å². The lowest BCUT2D eigenvalue weighted by atomic mass is 9.99. The Bertz CT molecular complexity index is 1110. The topological polar surface area (TPSA) is 76.5 Å². The number of amides is 2. The van der Waals surface area contributed by atoms with Crippen LogP contribution in [0.25, 0.3) is 5.69 Å². The van der Waals surface area contributed by atoms with Crippen molar-refractivity contribution in [2.24, 2.45) is 0 Å². The highest BCUT2D eigenvalue weighted by atomic mass is 16.5. The summed E-state index contributed by atoms with van der Waals surface area (Å²) >= 11 is 0. The Hall–Kier alpha value is -3.61. The number of aryl methyl sites for hydroxylation is 2. The lowest BCUT2D eigenvalue weighted by Crippen LogP contribution is -2.52. The molecule has 2 amide bonds. The summed E-state index contributed by atoms with van der Waals surface area (Å²) in [5.74, 6) is 0.592. The quantitative estimate of drug-likeness (QED) is 0.649. The third-order valence-corrected chi connectivity index (χ3v) is 5.94. The van der Waals surface area contributed by atoms with Crippen LogP contribution >= 0.6 is 0 Å². The van der Waals surface area contributed by atoms with E-state index in [-0.39, 0.29) is 11.8 Å². The number of aromatic nitrogens is 2.